The van der Waals surface area contributed by atoms with Crippen LogP contribution in [0, 0.1) is 6.92 Å². The normalized spacial score (nSPS) is 10.5. The van der Waals surface area contributed by atoms with Gasteiger partial charge in [-0.15, -0.1) is 0 Å². The number of carbonyl (C=O) groups excluding carboxylic acids is 1. The molecule has 1 heterocycles. The molecule has 3 nitrogen and oxygen atoms in total. The first-order chi connectivity index (χ1) is 10.7. The van der Waals surface area contributed by atoms with Gasteiger partial charge in [-0.25, -0.2) is 4.79 Å². The van der Waals surface area contributed by atoms with E-state index >= 15 is 0 Å². The molecule has 0 aliphatic carbocycles. The van der Waals surface area contributed by atoms with Crippen LogP contribution in [-0.4, -0.2) is 13.1 Å². The average Bonchev–Trinajstić information content (AvgIpc) is 2.93. The third-order valence-corrected chi connectivity index (χ3v) is 3.61. The molecule has 0 aliphatic heterocycles. The summed E-state index contributed by atoms with van der Waals surface area (Å²) in [6.45, 7) is 1.88. The molecule has 0 N–H and O–H groups in total. The van der Waals surface area contributed by atoms with E-state index in [0.717, 1.165) is 16.7 Å². The number of carbonyl (C=O) groups is 1. The van der Waals surface area contributed by atoms with Crippen molar-refractivity contribution in [3.63, 3.8) is 0 Å². The molecule has 0 saturated carbocycles. The second kappa shape index (κ2) is 5.90. The number of methoxy groups -OCH3 is 1. The molecular weight excluding hydrogens is 276 g/mol. The van der Waals surface area contributed by atoms with Gasteiger partial charge in [-0.1, -0.05) is 60.7 Å². The van der Waals surface area contributed by atoms with Crippen LogP contribution in [0.4, 0.5) is 0 Å². The number of benzene rings is 2. The van der Waals surface area contributed by atoms with Crippen molar-refractivity contribution in [2.45, 2.75) is 6.92 Å². The average molecular weight is 292 g/mol. The minimum atomic E-state index is -0.387. The Hall–Kier alpha value is -2.81. The zero-order valence-corrected chi connectivity index (χ0v) is 12.5. The molecule has 2 aromatic carbocycles. The Labute approximate surface area is 129 Å². The minimum Gasteiger partial charge on any atom is -0.465 e. The maximum atomic E-state index is 12.2. The van der Waals surface area contributed by atoms with Crippen LogP contribution in [0.5, 0.6) is 0 Å². The molecule has 1 aromatic heterocycles. The van der Waals surface area contributed by atoms with E-state index in [9.17, 15) is 4.79 Å². The third-order valence-electron chi connectivity index (χ3n) is 3.61. The monoisotopic (exact) mass is 292 g/mol. The van der Waals surface area contributed by atoms with Crippen molar-refractivity contribution in [3.05, 3.63) is 71.8 Å². The van der Waals surface area contributed by atoms with Crippen LogP contribution in [-0.2, 0) is 4.74 Å². The van der Waals surface area contributed by atoms with E-state index in [4.69, 9.17) is 9.15 Å². The van der Waals surface area contributed by atoms with E-state index in [0.29, 0.717) is 17.1 Å². The van der Waals surface area contributed by atoms with Gasteiger partial charge in [0, 0.05) is 16.7 Å². The fourth-order valence-electron chi connectivity index (χ4n) is 2.52. The van der Waals surface area contributed by atoms with Crippen molar-refractivity contribution in [3.8, 4) is 22.6 Å². The lowest BCUT2D eigenvalue weighted by atomic mass is 10.0. The molecule has 22 heavy (non-hydrogen) atoms. The summed E-state index contributed by atoms with van der Waals surface area (Å²) in [7, 11) is 1.38. The number of hydrogen-bond acceptors (Lipinski definition) is 3. The van der Waals surface area contributed by atoms with Gasteiger partial charge < -0.3 is 9.15 Å². The van der Waals surface area contributed by atoms with E-state index in [2.05, 4.69) is 0 Å². The number of hydrogen-bond donors (Lipinski definition) is 0. The summed E-state index contributed by atoms with van der Waals surface area (Å²) in [6.07, 6.45) is 0. The van der Waals surface area contributed by atoms with E-state index < -0.39 is 0 Å². The second-order valence-corrected chi connectivity index (χ2v) is 4.98. The van der Waals surface area contributed by atoms with Gasteiger partial charge in [0.1, 0.15) is 17.1 Å². The molecule has 0 amide bonds. The third kappa shape index (κ3) is 2.42. The maximum absolute atomic E-state index is 12.2. The van der Waals surface area contributed by atoms with Gasteiger partial charge in [-0.2, -0.15) is 0 Å². The van der Waals surface area contributed by atoms with Crippen molar-refractivity contribution in [1.82, 2.24) is 0 Å². The van der Waals surface area contributed by atoms with Crippen LogP contribution in [0.2, 0.25) is 0 Å². The molecule has 3 heteroatoms. The molecule has 3 rings (SSSR count). The lowest BCUT2D eigenvalue weighted by molar-refractivity contribution is 0.0600. The van der Waals surface area contributed by atoms with Crippen molar-refractivity contribution in [2.24, 2.45) is 0 Å². The van der Waals surface area contributed by atoms with Crippen LogP contribution >= 0.6 is 0 Å². The molecule has 0 unspecified atom stereocenters. The van der Waals surface area contributed by atoms with E-state index in [1.807, 2.05) is 67.6 Å². The van der Waals surface area contributed by atoms with Gasteiger partial charge in [0.15, 0.2) is 0 Å². The Bertz CT molecular complexity index is 786. The quantitative estimate of drug-likeness (QED) is 0.656. The molecule has 3 aromatic rings. The van der Waals surface area contributed by atoms with Gasteiger partial charge in [0.25, 0.3) is 0 Å². The maximum Gasteiger partial charge on any atom is 0.342 e. The predicted molar refractivity (Wildman–Crippen MR) is 85.7 cm³/mol. The van der Waals surface area contributed by atoms with Crippen molar-refractivity contribution >= 4 is 5.97 Å². The van der Waals surface area contributed by atoms with Crippen molar-refractivity contribution in [2.75, 3.05) is 7.11 Å². The Morgan fingerprint density at radius 2 is 1.36 bits per heavy atom. The van der Waals surface area contributed by atoms with Crippen LogP contribution in [0.25, 0.3) is 22.6 Å². The number of ether oxygens (including phenoxy) is 1. The van der Waals surface area contributed by atoms with E-state index in [-0.39, 0.29) is 5.97 Å². The van der Waals surface area contributed by atoms with E-state index in [1.165, 1.54) is 7.11 Å². The lowest BCUT2D eigenvalue weighted by Crippen LogP contribution is -2.03. The summed E-state index contributed by atoms with van der Waals surface area (Å²) in [5.41, 5.74) is 3.06. The van der Waals surface area contributed by atoms with Gasteiger partial charge in [-0.3, -0.25) is 0 Å². The number of furan rings is 1. The molecular formula is C19H16O3. The van der Waals surface area contributed by atoms with Crippen LogP contribution < -0.4 is 0 Å². The largest absolute Gasteiger partial charge is 0.465 e. The Balaban J connectivity index is 2.23. The van der Waals surface area contributed by atoms with Gasteiger partial charge >= 0.3 is 5.97 Å². The highest BCUT2D eigenvalue weighted by molar-refractivity contribution is 5.99. The van der Waals surface area contributed by atoms with Crippen LogP contribution in [0.1, 0.15) is 15.9 Å². The summed E-state index contributed by atoms with van der Waals surface area (Å²) in [6, 6.07) is 19.3. The van der Waals surface area contributed by atoms with Crippen LogP contribution in [0.3, 0.4) is 0 Å². The zero-order chi connectivity index (χ0) is 15.5. The summed E-state index contributed by atoms with van der Waals surface area (Å²) in [5, 5.41) is 0. The number of esters is 1. The first-order valence-corrected chi connectivity index (χ1v) is 7.05. The molecule has 0 spiro atoms. The topological polar surface area (TPSA) is 39.4 Å². The molecule has 0 aliphatic rings. The molecule has 0 radical (unpaired) electrons. The highest BCUT2D eigenvalue weighted by Gasteiger charge is 2.25. The van der Waals surface area contributed by atoms with Gasteiger partial charge in [-0.05, 0) is 6.92 Å². The molecule has 0 bridgehead atoms. The van der Waals surface area contributed by atoms with Gasteiger partial charge in [0.2, 0.25) is 0 Å². The minimum absolute atomic E-state index is 0.387. The fourth-order valence-corrected chi connectivity index (χ4v) is 2.52. The highest BCUT2D eigenvalue weighted by atomic mass is 16.5. The Morgan fingerprint density at radius 1 is 0.864 bits per heavy atom. The zero-order valence-electron chi connectivity index (χ0n) is 12.5. The standard InChI is InChI=1S/C19H16O3/c1-13-16(19(20)21-2)18(15-11-7-4-8-12-15)22-17(13)14-9-5-3-6-10-14/h3-12H,1-2H3. The number of rotatable bonds is 3. The second-order valence-electron chi connectivity index (χ2n) is 4.98. The molecule has 0 fully saturated rings. The van der Waals surface area contributed by atoms with E-state index in [1.54, 1.807) is 0 Å². The summed E-state index contributed by atoms with van der Waals surface area (Å²) in [5.74, 6) is 0.853. The van der Waals surface area contributed by atoms with Gasteiger partial charge in [0.05, 0.1) is 7.11 Å². The Kier molecular flexibility index (Phi) is 3.79. The predicted octanol–water partition coefficient (Wildman–Crippen LogP) is 4.71. The first-order valence-electron chi connectivity index (χ1n) is 7.05. The Morgan fingerprint density at radius 3 is 1.86 bits per heavy atom. The fraction of sp³-hybridized carbons (Fsp3) is 0.105. The highest BCUT2D eigenvalue weighted by Crippen LogP contribution is 2.37. The van der Waals surface area contributed by atoms with Crippen LogP contribution in [0.15, 0.2) is 65.1 Å². The molecule has 0 atom stereocenters. The summed E-state index contributed by atoms with van der Waals surface area (Å²) < 4.78 is 11.0. The van der Waals surface area contributed by atoms with Crippen molar-refractivity contribution in [1.29, 1.82) is 0 Å². The SMILES string of the molecule is COC(=O)c1c(-c2ccccc2)oc(-c2ccccc2)c1C. The van der Waals surface area contributed by atoms with Crippen molar-refractivity contribution < 1.29 is 13.9 Å². The first kappa shape index (κ1) is 14.1. The summed E-state index contributed by atoms with van der Waals surface area (Å²) in [4.78, 5) is 12.2. The summed E-state index contributed by atoms with van der Waals surface area (Å²) >= 11 is 0. The lowest BCUT2D eigenvalue weighted by Gasteiger charge is -2.01. The smallest absolute Gasteiger partial charge is 0.342 e. The molecule has 110 valence electrons. The molecule has 0 saturated heterocycles.